The Morgan fingerprint density at radius 1 is 1.19 bits per heavy atom. The molecule has 1 aliphatic carbocycles. The third kappa shape index (κ3) is 2.77. The van der Waals surface area contributed by atoms with Crippen molar-refractivity contribution in [3.8, 4) is 0 Å². The summed E-state index contributed by atoms with van der Waals surface area (Å²) < 4.78 is 2.46. The second-order valence-corrected chi connectivity index (χ2v) is 7.41. The minimum Gasteiger partial charge on any atom is -0.344 e. The maximum absolute atomic E-state index is 6.40. The lowest BCUT2D eigenvalue weighted by Crippen LogP contribution is -2.30. The number of rotatable bonds is 2. The normalized spacial score (nSPS) is 20.3. The van der Waals surface area contributed by atoms with Crippen molar-refractivity contribution in [1.82, 2.24) is 4.57 Å². The van der Waals surface area contributed by atoms with E-state index >= 15 is 0 Å². The molecule has 0 spiro atoms. The van der Waals surface area contributed by atoms with Crippen LogP contribution in [0.2, 0.25) is 0 Å². The van der Waals surface area contributed by atoms with Crippen LogP contribution in [0, 0.1) is 19.3 Å². The smallest absolute Gasteiger partial charge is 0.0475 e. The molecule has 2 heteroatoms. The first-order valence-corrected chi connectivity index (χ1v) is 7.86. The van der Waals surface area contributed by atoms with Crippen LogP contribution in [0.5, 0.6) is 0 Å². The molecule has 0 saturated carbocycles. The summed E-state index contributed by atoms with van der Waals surface area (Å²) in [6.45, 7) is 9.94. The Labute approximate surface area is 128 Å². The summed E-state index contributed by atoms with van der Waals surface area (Å²) >= 11 is 0. The molecule has 3 rings (SSSR count). The molecule has 1 heterocycles. The molecule has 0 amide bonds. The molecule has 0 saturated heterocycles. The molecule has 0 aliphatic heterocycles. The summed E-state index contributed by atoms with van der Waals surface area (Å²) in [5.41, 5.74) is 13.5. The van der Waals surface area contributed by atoms with Crippen LogP contribution < -0.4 is 5.73 Å². The largest absolute Gasteiger partial charge is 0.344 e. The lowest BCUT2D eigenvalue weighted by Gasteiger charge is -2.34. The van der Waals surface area contributed by atoms with E-state index in [1.54, 1.807) is 0 Å². The van der Waals surface area contributed by atoms with Crippen LogP contribution in [-0.4, -0.2) is 4.57 Å². The number of nitrogens with two attached hydrogens (primary N) is 1. The number of aryl methyl sites for hydroxylation is 2. The van der Waals surface area contributed by atoms with Crippen LogP contribution in [0.3, 0.4) is 0 Å². The summed E-state index contributed by atoms with van der Waals surface area (Å²) in [4.78, 5) is 0. The van der Waals surface area contributed by atoms with Crippen molar-refractivity contribution in [2.45, 2.75) is 53.1 Å². The minimum absolute atomic E-state index is 0.182. The zero-order valence-electron chi connectivity index (χ0n) is 13.6. The van der Waals surface area contributed by atoms with E-state index < -0.39 is 0 Å². The lowest BCUT2D eigenvalue weighted by molar-refractivity contribution is 0.276. The van der Waals surface area contributed by atoms with Gasteiger partial charge in [0.1, 0.15) is 0 Å². The summed E-state index contributed by atoms with van der Waals surface area (Å²) in [5, 5.41) is 0. The number of hydrogen-bond acceptors (Lipinski definition) is 1. The van der Waals surface area contributed by atoms with Gasteiger partial charge in [-0.05, 0) is 49.3 Å². The number of nitrogens with zero attached hydrogens (tertiary/aromatic N) is 1. The van der Waals surface area contributed by atoms with Crippen LogP contribution in [0.15, 0.2) is 30.3 Å². The maximum atomic E-state index is 6.40. The van der Waals surface area contributed by atoms with Crippen molar-refractivity contribution in [2.75, 3.05) is 0 Å². The van der Waals surface area contributed by atoms with Gasteiger partial charge in [0.15, 0.2) is 0 Å². The fourth-order valence-electron chi connectivity index (χ4n) is 3.60. The first-order valence-electron chi connectivity index (χ1n) is 7.86. The molecule has 2 N–H and O–H groups in total. The van der Waals surface area contributed by atoms with Gasteiger partial charge < -0.3 is 10.3 Å². The van der Waals surface area contributed by atoms with Crippen molar-refractivity contribution >= 4 is 0 Å². The molecular formula is C19H26N2. The predicted octanol–water partition coefficient (Wildman–Crippen LogP) is 4.13. The molecule has 0 bridgehead atoms. The highest BCUT2D eigenvalue weighted by molar-refractivity contribution is 5.35. The van der Waals surface area contributed by atoms with Crippen molar-refractivity contribution < 1.29 is 0 Å². The molecule has 1 aliphatic rings. The molecule has 0 fully saturated rings. The van der Waals surface area contributed by atoms with Crippen LogP contribution in [0.1, 0.15) is 54.4 Å². The topological polar surface area (TPSA) is 30.9 Å². The minimum atomic E-state index is 0.182. The van der Waals surface area contributed by atoms with Crippen LogP contribution in [0.25, 0.3) is 0 Å². The zero-order valence-corrected chi connectivity index (χ0v) is 13.6. The maximum Gasteiger partial charge on any atom is 0.0475 e. The summed E-state index contributed by atoms with van der Waals surface area (Å²) in [6, 6.07) is 11.3. The molecule has 21 heavy (non-hydrogen) atoms. The third-order valence-corrected chi connectivity index (χ3v) is 4.73. The molecular weight excluding hydrogens is 256 g/mol. The predicted molar refractivity (Wildman–Crippen MR) is 88.5 cm³/mol. The average molecular weight is 282 g/mol. The highest BCUT2D eigenvalue weighted by Gasteiger charge is 2.33. The highest BCUT2D eigenvalue weighted by atomic mass is 15.0. The van der Waals surface area contributed by atoms with Gasteiger partial charge in [0.25, 0.3) is 0 Å². The fourth-order valence-corrected chi connectivity index (χ4v) is 3.60. The van der Waals surface area contributed by atoms with E-state index in [-0.39, 0.29) is 6.04 Å². The van der Waals surface area contributed by atoms with E-state index in [0.717, 1.165) is 19.4 Å². The quantitative estimate of drug-likeness (QED) is 0.882. The van der Waals surface area contributed by atoms with Gasteiger partial charge in [0, 0.05) is 24.0 Å². The van der Waals surface area contributed by atoms with E-state index in [0.29, 0.717) is 5.41 Å². The van der Waals surface area contributed by atoms with Gasteiger partial charge >= 0.3 is 0 Å². The molecule has 1 atom stereocenters. The molecule has 2 nitrogen and oxygen atoms in total. The van der Waals surface area contributed by atoms with Gasteiger partial charge in [-0.1, -0.05) is 43.7 Å². The SMILES string of the molecule is Cc1ccc(Cn2c(C)cc3c2CC(C)(C)CC3N)cc1. The standard InChI is InChI=1S/C19H26N2/c1-13-5-7-15(8-6-13)12-21-14(2)9-16-17(20)10-19(3,4)11-18(16)21/h5-9,17H,10-12,20H2,1-4H3. The van der Waals surface area contributed by atoms with Crippen LogP contribution in [0.4, 0.5) is 0 Å². The Morgan fingerprint density at radius 2 is 1.86 bits per heavy atom. The average Bonchev–Trinajstić information content (AvgIpc) is 2.69. The lowest BCUT2D eigenvalue weighted by atomic mass is 9.74. The Kier molecular flexibility index (Phi) is 3.45. The van der Waals surface area contributed by atoms with Crippen molar-refractivity contribution in [3.63, 3.8) is 0 Å². The Bertz CT molecular complexity index is 647. The summed E-state index contributed by atoms with van der Waals surface area (Å²) in [7, 11) is 0. The Morgan fingerprint density at radius 3 is 2.52 bits per heavy atom. The van der Waals surface area contributed by atoms with Gasteiger partial charge in [0.2, 0.25) is 0 Å². The van der Waals surface area contributed by atoms with E-state index in [1.165, 1.54) is 28.1 Å². The van der Waals surface area contributed by atoms with Crippen molar-refractivity contribution in [3.05, 3.63) is 58.4 Å². The number of fused-ring (bicyclic) bond motifs is 1. The van der Waals surface area contributed by atoms with E-state index in [4.69, 9.17) is 5.73 Å². The Hall–Kier alpha value is -1.54. The molecule has 1 aromatic carbocycles. The molecule has 1 unspecified atom stereocenters. The first kappa shape index (κ1) is 14.4. The zero-order chi connectivity index (χ0) is 15.2. The number of aromatic nitrogens is 1. The van der Waals surface area contributed by atoms with Gasteiger partial charge in [-0.25, -0.2) is 0 Å². The third-order valence-electron chi connectivity index (χ3n) is 4.73. The van der Waals surface area contributed by atoms with Crippen LogP contribution >= 0.6 is 0 Å². The van der Waals surface area contributed by atoms with Gasteiger partial charge in [-0.2, -0.15) is 0 Å². The van der Waals surface area contributed by atoms with Gasteiger partial charge in [0.05, 0.1) is 0 Å². The van der Waals surface area contributed by atoms with E-state index in [1.807, 2.05) is 0 Å². The second-order valence-electron chi connectivity index (χ2n) is 7.41. The van der Waals surface area contributed by atoms with Gasteiger partial charge in [-0.3, -0.25) is 0 Å². The Balaban J connectivity index is 1.98. The van der Waals surface area contributed by atoms with E-state index in [9.17, 15) is 0 Å². The highest BCUT2D eigenvalue weighted by Crippen LogP contribution is 2.41. The molecule has 0 radical (unpaired) electrons. The van der Waals surface area contributed by atoms with Crippen molar-refractivity contribution in [2.24, 2.45) is 11.1 Å². The summed E-state index contributed by atoms with van der Waals surface area (Å²) in [5.74, 6) is 0. The van der Waals surface area contributed by atoms with Crippen molar-refractivity contribution in [1.29, 1.82) is 0 Å². The number of hydrogen-bond donors (Lipinski definition) is 1. The second kappa shape index (κ2) is 5.03. The first-order chi connectivity index (χ1) is 9.85. The molecule has 112 valence electrons. The number of benzene rings is 1. The van der Waals surface area contributed by atoms with Crippen LogP contribution in [-0.2, 0) is 13.0 Å². The van der Waals surface area contributed by atoms with Gasteiger partial charge in [-0.15, -0.1) is 0 Å². The monoisotopic (exact) mass is 282 g/mol. The van der Waals surface area contributed by atoms with E-state index in [2.05, 4.69) is 62.6 Å². The molecule has 1 aromatic heterocycles. The summed E-state index contributed by atoms with van der Waals surface area (Å²) in [6.07, 6.45) is 2.20. The molecule has 2 aromatic rings. The fraction of sp³-hybridized carbons (Fsp3) is 0.474.